The maximum atomic E-state index is 2.59. The van der Waals surface area contributed by atoms with Crippen LogP contribution in [-0.4, -0.2) is 22.6 Å². The highest BCUT2D eigenvalue weighted by atomic mass is 32.2. The van der Waals surface area contributed by atoms with E-state index in [1.165, 1.54) is 97.6 Å². The normalized spacial score (nSPS) is 13.8. The Morgan fingerprint density at radius 1 is 0.404 bits per heavy atom. The number of fused-ring (bicyclic) bond motifs is 12. The lowest BCUT2D eigenvalue weighted by atomic mass is 9.32. The third-order valence-electron chi connectivity index (χ3n) is 11.0. The summed E-state index contributed by atoms with van der Waals surface area (Å²) in [4.78, 5) is 2.69. The summed E-state index contributed by atoms with van der Waals surface area (Å²) >= 11 is 1.90. The predicted molar refractivity (Wildman–Crippen MR) is 201 cm³/mol. The van der Waals surface area contributed by atoms with Gasteiger partial charge < -0.3 is 9.13 Å². The molecule has 0 saturated carbocycles. The molecular formula is C42H24B2N2S. The molecule has 3 aliphatic heterocycles. The van der Waals surface area contributed by atoms with Gasteiger partial charge in [0.2, 0.25) is 6.71 Å². The largest absolute Gasteiger partial charge is 0.310 e. The van der Waals surface area contributed by atoms with E-state index in [2.05, 4.69) is 155 Å². The van der Waals surface area contributed by atoms with E-state index in [1.54, 1.807) is 0 Å². The fourth-order valence-electron chi connectivity index (χ4n) is 9.28. The first-order valence-corrected chi connectivity index (χ1v) is 17.3. The topological polar surface area (TPSA) is 9.86 Å². The van der Waals surface area contributed by atoms with E-state index < -0.39 is 0 Å². The summed E-state index contributed by atoms with van der Waals surface area (Å²) in [6.45, 7) is 0.282. The average molecular weight is 610 g/mol. The van der Waals surface area contributed by atoms with E-state index >= 15 is 0 Å². The summed E-state index contributed by atoms with van der Waals surface area (Å²) in [5.41, 5.74) is 16.2. The van der Waals surface area contributed by atoms with Gasteiger partial charge >= 0.3 is 0 Å². The number of hydrogen-bond acceptors (Lipinski definition) is 1. The van der Waals surface area contributed by atoms with Gasteiger partial charge in [-0.1, -0.05) is 137 Å². The van der Waals surface area contributed by atoms with Gasteiger partial charge in [0.05, 0.1) is 11.0 Å². The van der Waals surface area contributed by atoms with Crippen molar-refractivity contribution in [3.05, 3.63) is 146 Å². The fraction of sp³-hybridized carbons (Fsp3) is 0. The molecule has 0 radical (unpaired) electrons. The number of rotatable bonds is 1. The lowest BCUT2D eigenvalue weighted by molar-refractivity contribution is 1.15. The van der Waals surface area contributed by atoms with Gasteiger partial charge in [-0.3, -0.25) is 0 Å². The zero-order valence-electron chi connectivity index (χ0n) is 25.3. The van der Waals surface area contributed by atoms with Crippen LogP contribution in [0.5, 0.6) is 0 Å². The zero-order valence-corrected chi connectivity index (χ0v) is 26.1. The molecule has 5 heterocycles. The van der Waals surface area contributed by atoms with Crippen LogP contribution in [0, 0.1) is 0 Å². The Labute approximate surface area is 276 Å². The molecule has 0 N–H and O–H groups in total. The van der Waals surface area contributed by atoms with Gasteiger partial charge in [0.15, 0.2) is 0 Å². The summed E-state index contributed by atoms with van der Waals surface area (Å²) in [5.74, 6) is 0. The second kappa shape index (κ2) is 8.70. The van der Waals surface area contributed by atoms with Gasteiger partial charge in [0.1, 0.15) is 0 Å². The van der Waals surface area contributed by atoms with Crippen molar-refractivity contribution < 1.29 is 0 Å². The summed E-state index contributed by atoms with van der Waals surface area (Å²) in [6.07, 6.45) is 0. The van der Waals surface area contributed by atoms with Crippen molar-refractivity contribution in [1.82, 2.24) is 9.13 Å². The SMILES string of the molecule is c1ccc2c(c1)Sc1ccccc1B2c1cc2c3c(c1)-n1c4ccccc4c4cccc(c41)B3c1cccc3c4ccccc4n-2c13. The Balaban J connectivity index is 1.30. The van der Waals surface area contributed by atoms with Crippen LogP contribution >= 0.6 is 11.8 Å². The molecule has 2 nitrogen and oxygen atoms in total. The number of hydrogen-bond donors (Lipinski definition) is 0. The Morgan fingerprint density at radius 2 is 0.851 bits per heavy atom. The van der Waals surface area contributed by atoms with Crippen LogP contribution in [0.25, 0.3) is 55.0 Å². The number of aromatic nitrogens is 2. The minimum Gasteiger partial charge on any atom is -0.310 e. The number of nitrogens with zero attached hydrogens (tertiary/aromatic N) is 2. The summed E-state index contributed by atoms with van der Waals surface area (Å²) in [7, 11) is 0. The third-order valence-corrected chi connectivity index (χ3v) is 12.2. The maximum Gasteiger partial charge on any atom is 0.252 e. The molecule has 0 atom stereocenters. The monoisotopic (exact) mass is 610 g/mol. The van der Waals surface area contributed by atoms with Crippen LogP contribution in [0.3, 0.4) is 0 Å². The van der Waals surface area contributed by atoms with Crippen molar-refractivity contribution in [3.63, 3.8) is 0 Å². The molecule has 7 aromatic carbocycles. The molecule has 2 aromatic heterocycles. The van der Waals surface area contributed by atoms with E-state index in [9.17, 15) is 0 Å². The smallest absolute Gasteiger partial charge is 0.252 e. The molecule has 214 valence electrons. The molecule has 47 heavy (non-hydrogen) atoms. The summed E-state index contributed by atoms with van der Waals surface area (Å²) < 4.78 is 5.18. The average Bonchev–Trinajstić information content (AvgIpc) is 3.65. The molecule has 0 aliphatic carbocycles. The van der Waals surface area contributed by atoms with E-state index in [-0.39, 0.29) is 13.4 Å². The van der Waals surface area contributed by atoms with Crippen LogP contribution in [-0.2, 0) is 0 Å². The molecule has 0 saturated heterocycles. The highest BCUT2D eigenvalue weighted by molar-refractivity contribution is 8.00. The van der Waals surface area contributed by atoms with Crippen molar-refractivity contribution in [2.75, 3.05) is 0 Å². The fourth-order valence-corrected chi connectivity index (χ4v) is 10.4. The molecule has 3 aliphatic rings. The lowest BCUT2D eigenvalue weighted by Gasteiger charge is -2.35. The van der Waals surface area contributed by atoms with Crippen molar-refractivity contribution in [1.29, 1.82) is 0 Å². The maximum absolute atomic E-state index is 2.59. The second-order valence-corrected chi connectivity index (χ2v) is 14.3. The van der Waals surface area contributed by atoms with Gasteiger partial charge in [-0.2, -0.15) is 0 Å². The van der Waals surface area contributed by atoms with Gasteiger partial charge in [0.25, 0.3) is 6.71 Å². The predicted octanol–water partition coefficient (Wildman–Crippen LogP) is 6.00. The van der Waals surface area contributed by atoms with Crippen LogP contribution in [0.4, 0.5) is 0 Å². The lowest BCUT2D eigenvalue weighted by Crippen LogP contribution is -2.61. The Morgan fingerprint density at radius 3 is 1.40 bits per heavy atom. The Kier molecular flexibility index (Phi) is 4.59. The van der Waals surface area contributed by atoms with E-state index in [1.807, 2.05) is 11.8 Å². The van der Waals surface area contributed by atoms with Gasteiger partial charge in [-0.25, -0.2) is 0 Å². The molecule has 0 fully saturated rings. The molecule has 0 unspecified atom stereocenters. The van der Waals surface area contributed by atoms with Crippen molar-refractivity contribution in [3.8, 4) is 11.4 Å². The van der Waals surface area contributed by atoms with Crippen LogP contribution in [0.15, 0.2) is 155 Å². The van der Waals surface area contributed by atoms with Gasteiger partial charge in [-0.15, -0.1) is 0 Å². The molecular weight excluding hydrogens is 586 g/mol. The zero-order chi connectivity index (χ0) is 30.4. The number of benzene rings is 7. The van der Waals surface area contributed by atoms with Crippen LogP contribution in [0.1, 0.15) is 0 Å². The Bertz CT molecular complexity index is 2670. The molecule has 0 amide bonds. The number of para-hydroxylation sites is 4. The summed E-state index contributed by atoms with van der Waals surface area (Å²) in [5, 5.41) is 5.29. The Hall–Kier alpha value is -5.38. The molecule has 0 bridgehead atoms. The molecule has 0 spiro atoms. The minimum atomic E-state index is 0.132. The summed E-state index contributed by atoms with van der Waals surface area (Å²) in [6, 6.07) is 55.0. The first-order chi connectivity index (χ1) is 23.3. The van der Waals surface area contributed by atoms with Crippen LogP contribution in [0.2, 0.25) is 0 Å². The third kappa shape index (κ3) is 2.98. The second-order valence-electron chi connectivity index (χ2n) is 13.2. The van der Waals surface area contributed by atoms with E-state index in [0.29, 0.717) is 0 Å². The molecule has 5 heteroatoms. The van der Waals surface area contributed by atoms with Crippen molar-refractivity contribution in [2.45, 2.75) is 9.79 Å². The van der Waals surface area contributed by atoms with Crippen molar-refractivity contribution >= 4 is 102 Å². The van der Waals surface area contributed by atoms with Gasteiger partial charge in [0, 0.05) is 53.7 Å². The first-order valence-electron chi connectivity index (χ1n) is 16.4. The van der Waals surface area contributed by atoms with E-state index in [4.69, 9.17) is 0 Å². The molecule has 9 aromatic rings. The van der Waals surface area contributed by atoms with Crippen molar-refractivity contribution in [2.24, 2.45) is 0 Å². The van der Waals surface area contributed by atoms with Crippen LogP contribution < -0.4 is 32.8 Å². The standard InChI is InChI=1S/C42H24B2N2S/c1-5-19-34-26(11-1)28-13-9-17-32-41(28)45(34)36-23-25(43-30-15-3-7-21-38(30)47-39-22-8-4-16-31(39)43)24-37-40(36)44(32)33-18-10-14-29-27-12-2-6-20-35(27)46(37)42(29)33/h1-24H. The quantitative estimate of drug-likeness (QED) is 0.207. The first kappa shape index (κ1) is 24.8. The van der Waals surface area contributed by atoms with E-state index in [0.717, 1.165) is 0 Å². The molecule has 12 rings (SSSR count). The highest BCUT2D eigenvalue weighted by Gasteiger charge is 2.42. The van der Waals surface area contributed by atoms with Gasteiger partial charge in [-0.05, 0) is 52.8 Å². The highest BCUT2D eigenvalue weighted by Crippen LogP contribution is 2.39. The minimum absolute atomic E-state index is 0.132.